The number of rotatable bonds is 12. The third-order valence-electron chi connectivity index (χ3n) is 4.20. The summed E-state index contributed by atoms with van der Waals surface area (Å²) < 4.78 is 10.5. The van der Waals surface area contributed by atoms with Gasteiger partial charge in [-0.1, -0.05) is 0 Å². The summed E-state index contributed by atoms with van der Waals surface area (Å²) in [6, 6.07) is 0. The molecule has 0 radical (unpaired) electrons. The van der Waals surface area contributed by atoms with Crippen LogP contribution in [-0.4, -0.2) is 46.1 Å². The second kappa shape index (κ2) is 10.9. The van der Waals surface area contributed by atoms with Gasteiger partial charge in [0, 0.05) is 25.9 Å². The fourth-order valence-corrected chi connectivity index (χ4v) is 3.00. The van der Waals surface area contributed by atoms with E-state index in [0.29, 0.717) is 52.0 Å². The highest BCUT2D eigenvalue weighted by atomic mass is 17.3. The van der Waals surface area contributed by atoms with Crippen molar-refractivity contribution in [2.45, 2.75) is 25.7 Å². The van der Waals surface area contributed by atoms with Crippen LogP contribution in [0.4, 0.5) is 0 Å². The molecule has 3 N–H and O–H groups in total. The minimum atomic E-state index is 0.544. The van der Waals surface area contributed by atoms with E-state index in [1.165, 1.54) is 12.8 Å². The molecule has 1 fully saturated rings. The molecule has 1 unspecified atom stereocenters. The molecule has 0 aromatic rings. The zero-order valence-corrected chi connectivity index (χ0v) is 13.2. The minimum Gasteiger partial charge on any atom is -0.378 e. The van der Waals surface area contributed by atoms with Gasteiger partial charge >= 0.3 is 0 Å². The monoisotopic (exact) mass is 312 g/mol. The van der Waals surface area contributed by atoms with Crippen LogP contribution < -0.4 is 11.2 Å². The third-order valence-corrected chi connectivity index (χ3v) is 4.20. The van der Waals surface area contributed by atoms with Gasteiger partial charge in [0.2, 0.25) is 0 Å². The highest BCUT2D eigenvalue weighted by Crippen LogP contribution is 2.52. The number of fused-ring (bicyclic) bond motifs is 1. The Morgan fingerprint density at radius 2 is 1.64 bits per heavy atom. The molecule has 0 aromatic heterocycles. The number of ether oxygens (including phenoxy) is 2. The standard InChI is InChI=1S/C16H28N2O4/c17-7-9-19-11-12-20-10-8-18-22-21-13-16-14-5-3-1-2-4-6-15(14)16/h14-16,18H,3-13,17H2/t14-,15+,16?. The van der Waals surface area contributed by atoms with Crippen molar-refractivity contribution in [2.75, 3.05) is 46.1 Å². The molecule has 22 heavy (non-hydrogen) atoms. The van der Waals surface area contributed by atoms with E-state index in [4.69, 9.17) is 25.1 Å². The zero-order valence-electron chi connectivity index (χ0n) is 13.2. The molecule has 3 atom stereocenters. The Kier molecular flexibility index (Phi) is 8.79. The maximum absolute atomic E-state index is 5.35. The first-order chi connectivity index (χ1) is 10.9. The molecular weight excluding hydrogens is 284 g/mol. The van der Waals surface area contributed by atoms with Crippen LogP contribution in [-0.2, 0) is 19.3 Å². The van der Waals surface area contributed by atoms with Crippen molar-refractivity contribution in [3.63, 3.8) is 0 Å². The molecule has 0 spiro atoms. The van der Waals surface area contributed by atoms with Gasteiger partial charge < -0.3 is 15.2 Å². The molecule has 126 valence electrons. The second-order valence-corrected chi connectivity index (χ2v) is 5.70. The van der Waals surface area contributed by atoms with Gasteiger partial charge in [0.05, 0.1) is 33.0 Å². The van der Waals surface area contributed by atoms with E-state index in [2.05, 4.69) is 17.3 Å². The Hall–Kier alpha value is -0.680. The minimum absolute atomic E-state index is 0.544. The van der Waals surface area contributed by atoms with Crippen molar-refractivity contribution < 1.29 is 19.3 Å². The predicted molar refractivity (Wildman–Crippen MR) is 82.4 cm³/mol. The number of hydrogen-bond acceptors (Lipinski definition) is 6. The van der Waals surface area contributed by atoms with Crippen LogP contribution in [0.5, 0.6) is 0 Å². The lowest BCUT2D eigenvalue weighted by molar-refractivity contribution is -0.340. The van der Waals surface area contributed by atoms with Crippen molar-refractivity contribution in [1.29, 1.82) is 0 Å². The molecule has 2 rings (SSSR count). The van der Waals surface area contributed by atoms with Crippen LogP contribution in [0.25, 0.3) is 0 Å². The normalized spacial score (nSPS) is 26.5. The van der Waals surface area contributed by atoms with E-state index in [-0.39, 0.29) is 0 Å². The van der Waals surface area contributed by atoms with Crippen molar-refractivity contribution in [3.05, 3.63) is 0 Å². The number of nitrogens with two attached hydrogens (primary N) is 1. The average molecular weight is 312 g/mol. The summed E-state index contributed by atoms with van der Waals surface area (Å²) in [5.74, 6) is 8.64. The van der Waals surface area contributed by atoms with Crippen molar-refractivity contribution in [2.24, 2.45) is 23.5 Å². The fourth-order valence-electron chi connectivity index (χ4n) is 3.00. The lowest BCUT2D eigenvalue weighted by Gasteiger charge is -2.06. The van der Waals surface area contributed by atoms with Gasteiger partial charge in [0.25, 0.3) is 0 Å². The first-order valence-electron chi connectivity index (χ1n) is 8.26. The van der Waals surface area contributed by atoms with E-state index in [0.717, 1.165) is 24.7 Å². The molecule has 6 heteroatoms. The Morgan fingerprint density at radius 3 is 2.32 bits per heavy atom. The summed E-state index contributed by atoms with van der Waals surface area (Å²) in [5.41, 5.74) is 8.05. The Morgan fingerprint density at radius 1 is 0.955 bits per heavy atom. The molecule has 0 amide bonds. The average Bonchev–Trinajstić information content (AvgIpc) is 3.14. The molecule has 0 aliphatic heterocycles. The van der Waals surface area contributed by atoms with Gasteiger partial charge in [-0.15, -0.1) is 16.8 Å². The van der Waals surface area contributed by atoms with Gasteiger partial charge in [-0.2, -0.15) is 5.48 Å². The van der Waals surface area contributed by atoms with Crippen LogP contribution in [0.3, 0.4) is 0 Å². The van der Waals surface area contributed by atoms with Gasteiger partial charge in [0.15, 0.2) is 0 Å². The smallest absolute Gasteiger partial charge is 0.0875 e. The van der Waals surface area contributed by atoms with E-state index in [1.54, 1.807) is 0 Å². The van der Waals surface area contributed by atoms with E-state index in [9.17, 15) is 0 Å². The lowest BCUT2D eigenvalue weighted by atomic mass is 10.1. The zero-order chi connectivity index (χ0) is 15.5. The van der Waals surface area contributed by atoms with Gasteiger partial charge in [-0.25, -0.2) is 4.89 Å². The van der Waals surface area contributed by atoms with Gasteiger partial charge in [-0.05, 0) is 30.6 Å². The highest BCUT2D eigenvalue weighted by Gasteiger charge is 2.48. The lowest BCUT2D eigenvalue weighted by Crippen LogP contribution is -2.22. The summed E-state index contributed by atoms with van der Waals surface area (Å²) in [5, 5.41) is 0. The van der Waals surface area contributed by atoms with Crippen LogP contribution in [0.15, 0.2) is 0 Å². The molecule has 0 saturated heterocycles. The number of hydrogen-bond donors (Lipinski definition) is 2. The van der Waals surface area contributed by atoms with E-state index < -0.39 is 0 Å². The first kappa shape index (κ1) is 17.7. The number of hydroxylamine groups is 1. The molecule has 2 aliphatic carbocycles. The summed E-state index contributed by atoms with van der Waals surface area (Å²) in [6.07, 6.45) is 4.48. The fraction of sp³-hybridized carbons (Fsp3) is 0.875. The van der Waals surface area contributed by atoms with Crippen LogP contribution in [0.2, 0.25) is 0 Å². The van der Waals surface area contributed by atoms with Crippen LogP contribution in [0.1, 0.15) is 25.7 Å². The third kappa shape index (κ3) is 6.61. The molecule has 0 aromatic carbocycles. The van der Waals surface area contributed by atoms with E-state index in [1.807, 2.05) is 0 Å². The van der Waals surface area contributed by atoms with E-state index >= 15 is 0 Å². The topological polar surface area (TPSA) is 75.0 Å². The maximum Gasteiger partial charge on any atom is 0.0875 e. The quantitative estimate of drug-likeness (QED) is 0.241. The molecule has 0 heterocycles. The molecule has 1 saturated carbocycles. The predicted octanol–water partition coefficient (Wildman–Crippen LogP) is 0.871. The van der Waals surface area contributed by atoms with Gasteiger partial charge in [0.1, 0.15) is 0 Å². The van der Waals surface area contributed by atoms with Crippen molar-refractivity contribution >= 4 is 0 Å². The second-order valence-electron chi connectivity index (χ2n) is 5.70. The summed E-state index contributed by atoms with van der Waals surface area (Å²) in [6.45, 7) is 4.06. The molecule has 6 nitrogen and oxygen atoms in total. The van der Waals surface area contributed by atoms with Crippen molar-refractivity contribution in [1.82, 2.24) is 5.48 Å². The Bertz CT molecular complexity index is 338. The first-order valence-corrected chi connectivity index (χ1v) is 8.26. The molecular formula is C16H28N2O4. The molecule has 2 aliphatic rings. The van der Waals surface area contributed by atoms with Crippen LogP contribution >= 0.6 is 0 Å². The van der Waals surface area contributed by atoms with Crippen LogP contribution in [0, 0.1) is 29.6 Å². The highest BCUT2D eigenvalue weighted by molar-refractivity contribution is 5.07. The Balaban J connectivity index is 1.35. The molecule has 0 bridgehead atoms. The Labute approximate surface area is 132 Å². The summed E-state index contributed by atoms with van der Waals surface area (Å²) in [7, 11) is 0. The van der Waals surface area contributed by atoms with Crippen molar-refractivity contribution in [3.8, 4) is 11.8 Å². The SMILES string of the molecule is NCCOCCOCCNOOCC1[C@H]2CCC#CCC[C@@H]12. The summed E-state index contributed by atoms with van der Waals surface area (Å²) >= 11 is 0. The maximum atomic E-state index is 5.35. The van der Waals surface area contributed by atoms with Gasteiger partial charge in [-0.3, -0.25) is 0 Å². The largest absolute Gasteiger partial charge is 0.378 e. The number of nitrogens with one attached hydrogen (secondary N) is 1. The summed E-state index contributed by atoms with van der Waals surface area (Å²) in [4.78, 5) is 10.2.